The number of aromatic nitrogens is 2. The molecule has 1 fully saturated rings. The molecule has 5 nitrogen and oxygen atoms in total. The van der Waals surface area contributed by atoms with Gasteiger partial charge >= 0.3 is 0 Å². The highest BCUT2D eigenvalue weighted by atomic mass is 32.2. The standard InChI is InChI=1S/C28H27N3O2S/c1-2-21-9-3-6-12-25(21)31-27(33)23-10-4-5-11-24(23)29-28(31)34-19-20-13-15-22(16-14-20)26(32)30-17-7-8-18-30/h3-6,9-16H,2,7-8,17-19H2,1H3. The first-order valence-corrected chi connectivity index (χ1v) is 12.8. The quantitative estimate of drug-likeness (QED) is 0.277. The van der Waals surface area contributed by atoms with Gasteiger partial charge in [0.1, 0.15) is 0 Å². The van der Waals surface area contributed by atoms with E-state index in [1.54, 1.807) is 4.57 Å². The minimum atomic E-state index is -0.0550. The van der Waals surface area contributed by atoms with E-state index in [2.05, 4.69) is 13.0 Å². The van der Waals surface area contributed by atoms with Gasteiger partial charge in [0.15, 0.2) is 5.16 Å². The molecule has 0 aliphatic carbocycles. The van der Waals surface area contributed by atoms with Crippen LogP contribution < -0.4 is 5.56 Å². The summed E-state index contributed by atoms with van der Waals surface area (Å²) in [6, 6.07) is 23.3. The maximum absolute atomic E-state index is 13.5. The lowest BCUT2D eigenvalue weighted by atomic mass is 10.1. The molecule has 3 aromatic carbocycles. The van der Waals surface area contributed by atoms with E-state index in [0.717, 1.165) is 54.7 Å². The van der Waals surface area contributed by atoms with E-state index in [-0.39, 0.29) is 11.5 Å². The van der Waals surface area contributed by atoms with E-state index in [1.807, 2.05) is 71.6 Å². The number of likely N-dealkylation sites (tertiary alicyclic amines) is 1. The second-order valence-corrected chi connectivity index (χ2v) is 9.46. The predicted molar refractivity (Wildman–Crippen MR) is 138 cm³/mol. The molecule has 5 rings (SSSR count). The Hall–Kier alpha value is -3.38. The van der Waals surface area contributed by atoms with Crippen molar-refractivity contribution in [3.63, 3.8) is 0 Å². The number of aryl methyl sites for hydroxylation is 1. The number of amides is 1. The monoisotopic (exact) mass is 469 g/mol. The molecular weight excluding hydrogens is 442 g/mol. The van der Waals surface area contributed by atoms with Gasteiger partial charge < -0.3 is 4.90 Å². The number of para-hydroxylation sites is 2. The highest BCUT2D eigenvalue weighted by Gasteiger charge is 2.19. The number of nitrogens with zero attached hydrogens (tertiary/aromatic N) is 3. The van der Waals surface area contributed by atoms with E-state index < -0.39 is 0 Å². The van der Waals surface area contributed by atoms with Crippen molar-refractivity contribution in [2.45, 2.75) is 37.1 Å². The lowest BCUT2D eigenvalue weighted by Crippen LogP contribution is -2.27. The number of hydrogen-bond acceptors (Lipinski definition) is 4. The number of carbonyl (C=O) groups is 1. The summed E-state index contributed by atoms with van der Waals surface area (Å²) in [5.41, 5.74) is 4.44. The zero-order valence-corrected chi connectivity index (χ0v) is 20.1. The summed E-state index contributed by atoms with van der Waals surface area (Å²) in [5.74, 6) is 0.759. The van der Waals surface area contributed by atoms with E-state index in [4.69, 9.17) is 4.98 Å². The van der Waals surface area contributed by atoms with Crippen LogP contribution in [0.2, 0.25) is 0 Å². The third-order valence-corrected chi connectivity index (χ3v) is 7.33. The van der Waals surface area contributed by atoms with Crippen molar-refractivity contribution < 1.29 is 4.79 Å². The molecule has 0 bridgehead atoms. The van der Waals surface area contributed by atoms with E-state index >= 15 is 0 Å². The zero-order valence-electron chi connectivity index (χ0n) is 19.2. The molecule has 0 N–H and O–H groups in total. The molecule has 2 heterocycles. The van der Waals surface area contributed by atoms with Crippen LogP contribution in [0.25, 0.3) is 16.6 Å². The fourth-order valence-corrected chi connectivity index (χ4v) is 5.41. The van der Waals surface area contributed by atoms with Gasteiger partial charge in [-0.1, -0.05) is 61.2 Å². The lowest BCUT2D eigenvalue weighted by molar-refractivity contribution is 0.0793. The lowest BCUT2D eigenvalue weighted by Gasteiger charge is -2.16. The zero-order chi connectivity index (χ0) is 23.5. The SMILES string of the molecule is CCc1ccccc1-n1c(SCc2ccc(C(=O)N3CCCC3)cc2)nc2ccccc2c1=O. The van der Waals surface area contributed by atoms with Gasteiger partial charge in [-0.3, -0.25) is 14.2 Å². The Morgan fingerprint density at radius 1 is 0.941 bits per heavy atom. The number of rotatable bonds is 6. The summed E-state index contributed by atoms with van der Waals surface area (Å²) in [6.45, 7) is 3.79. The average Bonchev–Trinajstić information content (AvgIpc) is 3.43. The first kappa shape index (κ1) is 22.4. The van der Waals surface area contributed by atoms with Gasteiger partial charge in [-0.05, 0) is 60.7 Å². The van der Waals surface area contributed by atoms with Gasteiger partial charge in [0.05, 0.1) is 16.6 Å². The van der Waals surface area contributed by atoms with Crippen LogP contribution in [0.5, 0.6) is 0 Å². The molecule has 4 aromatic rings. The Morgan fingerprint density at radius 2 is 1.65 bits per heavy atom. The van der Waals surface area contributed by atoms with Crippen LogP contribution in [-0.2, 0) is 12.2 Å². The number of benzene rings is 3. The largest absolute Gasteiger partial charge is 0.339 e. The number of hydrogen-bond donors (Lipinski definition) is 0. The van der Waals surface area contributed by atoms with Crippen LogP contribution in [0.4, 0.5) is 0 Å². The highest BCUT2D eigenvalue weighted by Crippen LogP contribution is 2.26. The fourth-order valence-electron chi connectivity index (χ4n) is 4.44. The minimum Gasteiger partial charge on any atom is -0.339 e. The van der Waals surface area contributed by atoms with Gasteiger partial charge in [0.25, 0.3) is 11.5 Å². The molecule has 1 aliphatic rings. The molecule has 0 spiro atoms. The Balaban J connectivity index is 1.46. The Labute approximate surface area is 203 Å². The predicted octanol–water partition coefficient (Wildman–Crippen LogP) is 5.48. The summed E-state index contributed by atoms with van der Waals surface area (Å²) >= 11 is 1.54. The topological polar surface area (TPSA) is 55.2 Å². The van der Waals surface area contributed by atoms with Crippen molar-refractivity contribution in [1.82, 2.24) is 14.5 Å². The summed E-state index contributed by atoms with van der Waals surface area (Å²) in [7, 11) is 0. The maximum atomic E-state index is 13.5. The maximum Gasteiger partial charge on any atom is 0.266 e. The van der Waals surface area contributed by atoms with Gasteiger partial charge in [-0.25, -0.2) is 4.98 Å². The molecule has 34 heavy (non-hydrogen) atoms. The fraction of sp³-hybridized carbons (Fsp3) is 0.250. The molecule has 0 radical (unpaired) electrons. The molecule has 1 aliphatic heterocycles. The third-order valence-electron chi connectivity index (χ3n) is 6.32. The molecule has 1 aromatic heterocycles. The Morgan fingerprint density at radius 3 is 2.41 bits per heavy atom. The molecule has 0 unspecified atom stereocenters. The molecule has 0 atom stereocenters. The van der Waals surface area contributed by atoms with Gasteiger partial charge in [-0.2, -0.15) is 0 Å². The van der Waals surface area contributed by atoms with Crippen molar-refractivity contribution in [3.05, 3.63) is 99.8 Å². The normalized spacial score (nSPS) is 13.5. The molecule has 172 valence electrons. The average molecular weight is 470 g/mol. The number of fused-ring (bicyclic) bond motifs is 1. The Bertz CT molecular complexity index is 1390. The molecule has 1 saturated heterocycles. The summed E-state index contributed by atoms with van der Waals surface area (Å²) in [4.78, 5) is 33.0. The van der Waals surface area contributed by atoms with Crippen LogP contribution in [0.1, 0.15) is 41.3 Å². The summed E-state index contributed by atoms with van der Waals surface area (Å²) < 4.78 is 1.75. The summed E-state index contributed by atoms with van der Waals surface area (Å²) in [6.07, 6.45) is 3.00. The van der Waals surface area contributed by atoms with Crippen molar-refractivity contribution in [1.29, 1.82) is 0 Å². The van der Waals surface area contributed by atoms with Crippen molar-refractivity contribution in [2.75, 3.05) is 13.1 Å². The Kier molecular flexibility index (Phi) is 6.50. The van der Waals surface area contributed by atoms with E-state index in [1.165, 1.54) is 11.8 Å². The smallest absolute Gasteiger partial charge is 0.266 e. The van der Waals surface area contributed by atoms with Gasteiger partial charge in [0, 0.05) is 24.4 Å². The first-order valence-electron chi connectivity index (χ1n) is 11.8. The summed E-state index contributed by atoms with van der Waals surface area (Å²) in [5, 5.41) is 1.28. The van der Waals surface area contributed by atoms with Crippen LogP contribution in [0, 0.1) is 0 Å². The van der Waals surface area contributed by atoms with E-state index in [9.17, 15) is 9.59 Å². The minimum absolute atomic E-state index is 0.0550. The molecule has 1 amide bonds. The second kappa shape index (κ2) is 9.85. The highest BCUT2D eigenvalue weighted by molar-refractivity contribution is 7.98. The number of thioether (sulfide) groups is 1. The molecular formula is C28H27N3O2S. The first-order chi connectivity index (χ1) is 16.7. The van der Waals surface area contributed by atoms with E-state index in [0.29, 0.717) is 21.8 Å². The van der Waals surface area contributed by atoms with Crippen molar-refractivity contribution in [2.24, 2.45) is 0 Å². The second-order valence-electron chi connectivity index (χ2n) is 8.52. The third kappa shape index (κ3) is 4.38. The molecule has 0 saturated carbocycles. The van der Waals surface area contributed by atoms with Crippen LogP contribution in [0.3, 0.4) is 0 Å². The van der Waals surface area contributed by atoms with Gasteiger partial charge in [-0.15, -0.1) is 0 Å². The number of carbonyl (C=O) groups excluding carboxylic acids is 1. The molecule has 6 heteroatoms. The van der Waals surface area contributed by atoms with Crippen LogP contribution in [0.15, 0.2) is 82.7 Å². The van der Waals surface area contributed by atoms with Gasteiger partial charge in [0.2, 0.25) is 0 Å². The van der Waals surface area contributed by atoms with Crippen LogP contribution >= 0.6 is 11.8 Å². The van der Waals surface area contributed by atoms with Crippen LogP contribution in [-0.4, -0.2) is 33.4 Å². The van der Waals surface area contributed by atoms with Crippen molar-refractivity contribution in [3.8, 4) is 5.69 Å². The van der Waals surface area contributed by atoms with Crippen molar-refractivity contribution >= 4 is 28.6 Å².